The van der Waals surface area contributed by atoms with Crippen molar-refractivity contribution in [3.05, 3.63) is 118 Å². The van der Waals surface area contributed by atoms with Gasteiger partial charge in [-0.2, -0.15) is 9.78 Å². The van der Waals surface area contributed by atoms with Crippen LogP contribution < -0.4 is 15.0 Å². The third-order valence-electron chi connectivity index (χ3n) is 6.41. The van der Waals surface area contributed by atoms with Crippen molar-refractivity contribution in [1.29, 1.82) is 0 Å². The van der Waals surface area contributed by atoms with Crippen molar-refractivity contribution in [3.8, 4) is 23.1 Å². The molecule has 7 nitrogen and oxygen atoms in total. The fourth-order valence-electron chi connectivity index (χ4n) is 4.38. The van der Waals surface area contributed by atoms with E-state index in [1.54, 1.807) is 49.7 Å². The number of fused-ring (bicyclic) bond motifs is 2. The molecule has 210 valence electrons. The van der Waals surface area contributed by atoms with E-state index >= 15 is 0 Å². The molecule has 0 aliphatic rings. The van der Waals surface area contributed by atoms with Gasteiger partial charge in [0.25, 0.3) is 5.56 Å². The maximum Gasteiger partial charge on any atom is 0.282 e. The van der Waals surface area contributed by atoms with Crippen LogP contribution >= 0.6 is 61.7 Å². The molecule has 0 fully saturated rings. The molecule has 0 bridgehead atoms. The van der Waals surface area contributed by atoms with Gasteiger partial charge in [-0.15, -0.1) is 0 Å². The number of methoxy groups -OCH3 is 1. The number of ether oxygens (including phenoxy) is 2. The molecule has 0 unspecified atom stereocenters. The Morgan fingerprint density at radius 3 is 2.71 bits per heavy atom. The third-order valence-corrected chi connectivity index (χ3v) is 8.30. The molecule has 4 aromatic carbocycles. The predicted octanol–water partition coefficient (Wildman–Crippen LogP) is 8.95. The van der Waals surface area contributed by atoms with Gasteiger partial charge >= 0.3 is 0 Å². The monoisotopic (exact) mass is 773 g/mol. The van der Waals surface area contributed by atoms with Gasteiger partial charge in [0.15, 0.2) is 17.3 Å². The molecule has 2 aromatic heterocycles. The molecule has 0 saturated carbocycles. The lowest BCUT2D eigenvalue weighted by atomic mass is 10.2. The Hall–Kier alpha value is -3.38. The van der Waals surface area contributed by atoms with E-state index in [1.807, 2.05) is 42.5 Å². The highest BCUT2D eigenvalue weighted by atomic mass is 127. The van der Waals surface area contributed by atoms with Gasteiger partial charge in [0, 0.05) is 25.5 Å². The fraction of sp³-hybridized carbons (Fsp3) is 0.0645. The first-order valence-corrected chi connectivity index (χ1v) is 15.1. The lowest BCUT2D eigenvalue weighted by Gasteiger charge is -2.14. The van der Waals surface area contributed by atoms with Gasteiger partial charge in [-0.1, -0.05) is 57.3 Å². The van der Waals surface area contributed by atoms with Gasteiger partial charge < -0.3 is 13.9 Å². The number of aromatic nitrogens is 2. The average Bonchev–Trinajstić information content (AvgIpc) is 3.39. The zero-order valence-electron chi connectivity index (χ0n) is 21.8. The van der Waals surface area contributed by atoms with E-state index in [4.69, 9.17) is 42.1 Å². The Morgan fingerprint density at radius 2 is 1.90 bits per heavy atom. The van der Waals surface area contributed by atoms with Crippen LogP contribution in [-0.4, -0.2) is 23.0 Å². The van der Waals surface area contributed by atoms with Crippen molar-refractivity contribution in [3.63, 3.8) is 0 Å². The Balaban J connectivity index is 1.39. The van der Waals surface area contributed by atoms with Crippen molar-refractivity contribution in [1.82, 2.24) is 9.66 Å². The van der Waals surface area contributed by atoms with Crippen LogP contribution in [0.4, 0.5) is 0 Å². The molecular formula is C31H19BrCl2IN3O4. The summed E-state index contributed by atoms with van der Waals surface area (Å²) in [6, 6.07) is 23.6. The summed E-state index contributed by atoms with van der Waals surface area (Å²) in [6.07, 6.45) is 1.57. The summed E-state index contributed by atoms with van der Waals surface area (Å²) in [5.74, 6) is 1.75. The van der Waals surface area contributed by atoms with Gasteiger partial charge in [-0.05, 0) is 88.8 Å². The number of furan rings is 1. The molecular weight excluding hydrogens is 756 g/mol. The highest BCUT2D eigenvalue weighted by Gasteiger charge is 2.17. The fourth-order valence-corrected chi connectivity index (χ4v) is 6.01. The highest BCUT2D eigenvalue weighted by Crippen LogP contribution is 2.35. The second-order valence-electron chi connectivity index (χ2n) is 9.17. The van der Waals surface area contributed by atoms with Crippen molar-refractivity contribution < 1.29 is 13.9 Å². The van der Waals surface area contributed by atoms with Crippen LogP contribution in [0, 0.1) is 3.57 Å². The van der Waals surface area contributed by atoms with Crippen LogP contribution in [0.25, 0.3) is 33.5 Å². The number of benzene rings is 4. The summed E-state index contributed by atoms with van der Waals surface area (Å²) in [4.78, 5) is 18.4. The molecule has 2 heterocycles. The quantitative estimate of drug-likeness (QED) is 0.120. The van der Waals surface area contributed by atoms with E-state index in [1.165, 1.54) is 4.68 Å². The molecule has 0 spiro atoms. The maximum absolute atomic E-state index is 13.6. The van der Waals surface area contributed by atoms with Gasteiger partial charge in [0.05, 0.1) is 27.8 Å². The molecule has 0 atom stereocenters. The standard InChI is InChI=1S/C31H19BrCl2IN3O4/c1-40-27-11-17(10-24(35)29(27)41-16-18-6-8-21(33)14-23(18)34)15-36-38-30(37-25-5-3-2-4-22(25)31(38)39)28-13-19-12-20(32)7-9-26(19)42-28/h2-15H,16H2,1H3. The van der Waals surface area contributed by atoms with E-state index in [2.05, 4.69) is 43.6 Å². The van der Waals surface area contributed by atoms with Crippen LogP contribution in [0.2, 0.25) is 10.0 Å². The predicted molar refractivity (Wildman–Crippen MR) is 178 cm³/mol. The van der Waals surface area contributed by atoms with Crippen LogP contribution in [0.5, 0.6) is 11.5 Å². The first kappa shape index (κ1) is 28.7. The smallest absolute Gasteiger partial charge is 0.282 e. The molecule has 0 radical (unpaired) electrons. The molecule has 0 aliphatic heterocycles. The van der Waals surface area contributed by atoms with Crippen molar-refractivity contribution in [2.45, 2.75) is 6.61 Å². The van der Waals surface area contributed by atoms with Crippen LogP contribution in [0.3, 0.4) is 0 Å². The van der Waals surface area contributed by atoms with Gasteiger partial charge in [-0.3, -0.25) is 4.79 Å². The van der Waals surface area contributed by atoms with E-state index in [-0.39, 0.29) is 18.0 Å². The van der Waals surface area contributed by atoms with Crippen molar-refractivity contribution in [2.75, 3.05) is 7.11 Å². The molecule has 6 aromatic rings. The molecule has 6 rings (SSSR count). The van der Waals surface area contributed by atoms with E-state index in [9.17, 15) is 4.79 Å². The minimum absolute atomic E-state index is 0.228. The molecule has 42 heavy (non-hydrogen) atoms. The highest BCUT2D eigenvalue weighted by molar-refractivity contribution is 14.1. The first-order valence-electron chi connectivity index (χ1n) is 12.5. The Kier molecular flexibility index (Phi) is 8.26. The molecule has 0 amide bonds. The minimum Gasteiger partial charge on any atom is -0.493 e. The molecule has 11 heteroatoms. The Morgan fingerprint density at radius 1 is 1.07 bits per heavy atom. The van der Waals surface area contributed by atoms with E-state index < -0.39 is 0 Å². The van der Waals surface area contributed by atoms with Crippen molar-refractivity contribution in [2.24, 2.45) is 5.10 Å². The number of nitrogens with zero attached hydrogens (tertiary/aromatic N) is 3. The zero-order chi connectivity index (χ0) is 29.4. The van der Waals surface area contributed by atoms with Crippen LogP contribution in [-0.2, 0) is 6.61 Å². The molecule has 0 N–H and O–H groups in total. The number of halogens is 4. The topological polar surface area (TPSA) is 78.9 Å². The van der Waals surface area contributed by atoms with E-state index in [0.717, 1.165) is 19.0 Å². The van der Waals surface area contributed by atoms with Gasteiger partial charge in [-0.25, -0.2) is 4.98 Å². The minimum atomic E-state index is -0.324. The van der Waals surface area contributed by atoms with E-state index in [0.29, 0.717) is 49.4 Å². The van der Waals surface area contributed by atoms with Crippen molar-refractivity contribution >= 4 is 89.8 Å². The van der Waals surface area contributed by atoms with Crippen LogP contribution in [0.1, 0.15) is 11.1 Å². The SMILES string of the molecule is COc1cc(C=Nn2c(-c3cc4cc(Br)ccc4o3)nc3ccccc3c2=O)cc(I)c1OCc1ccc(Cl)cc1Cl. The summed E-state index contributed by atoms with van der Waals surface area (Å²) < 4.78 is 20.7. The summed E-state index contributed by atoms with van der Waals surface area (Å²) >= 11 is 18.0. The summed E-state index contributed by atoms with van der Waals surface area (Å²) in [7, 11) is 1.56. The molecule has 0 aliphatic carbocycles. The zero-order valence-corrected chi connectivity index (χ0v) is 27.0. The summed E-state index contributed by atoms with van der Waals surface area (Å²) in [6.45, 7) is 0.228. The molecule has 0 saturated heterocycles. The van der Waals surface area contributed by atoms with Gasteiger partial charge in [0.1, 0.15) is 12.2 Å². The normalized spacial score (nSPS) is 11.5. The summed E-state index contributed by atoms with van der Waals surface area (Å²) in [5.41, 5.74) is 2.37. The number of hydrogen-bond acceptors (Lipinski definition) is 6. The Bertz CT molecular complexity index is 2080. The van der Waals surface area contributed by atoms with Gasteiger partial charge in [0.2, 0.25) is 5.82 Å². The largest absolute Gasteiger partial charge is 0.493 e. The third kappa shape index (κ3) is 5.78. The second-order valence-corrected chi connectivity index (χ2v) is 12.1. The number of para-hydroxylation sites is 1. The Labute approximate surface area is 271 Å². The van der Waals surface area contributed by atoms with Crippen LogP contribution in [0.15, 0.2) is 97.6 Å². The first-order chi connectivity index (χ1) is 20.3. The average molecular weight is 775 g/mol. The lowest BCUT2D eigenvalue weighted by Crippen LogP contribution is -2.20. The number of rotatable bonds is 7. The lowest BCUT2D eigenvalue weighted by molar-refractivity contribution is 0.282. The summed E-state index contributed by atoms with van der Waals surface area (Å²) in [5, 5.41) is 6.94. The number of hydrogen-bond donors (Lipinski definition) is 0. The maximum atomic E-state index is 13.6. The second kappa shape index (κ2) is 12.1.